The van der Waals surface area contributed by atoms with Gasteiger partial charge in [-0.2, -0.15) is 0 Å². The van der Waals surface area contributed by atoms with E-state index in [1.165, 1.54) is 107 Å². The number of rotatable bonds is 26. The number of carbonyl (C=O) groups excluding carboxylic acids is 11. The summed E-state index contributed by atoms with van der Waals surface area (Å²) < 4.78 is 12.2. The Kier molecular flexibility index (Phi) is 19.8. The molecule has 32 heteroatoms. The number of nitrogens with two attached hydrogens (primary N) is 2. The minimum absolute atomic E-state index is 0.000771. The molecule has 472 valence electrons. The van der Waals surface area contributed by atoms with E-state index in [-0.39, 0.29) is 96.0 Å². The Morgan fingerprint density at radius 3 is 1.06 bits per heavy atom. The van der Waals surface area contributed by atoms with Gasteiger partial charge in [-0.1, -0.05) is 0 Å². The predicted octanol–water partition coefficient (Wildman–Crippen LogP) is 1.98. The lowest BCUT2D eigenvalue weighted by Crippen LogP contribution is -2.39. The molecule has 8 rings (SSSR count). The maximum absolute atomic E-state index is 13.5. The molecule has 0 aliphatic heterocycles. The molecule has 0 spiro atoms. The number of imidazole rings is 1. The summed E-state index contributed by atoms with van der Waals surface area (Å²) >= 11 is 0. The summed E-state index contributed by atoms with van der Waals surface area (Å²) in [5, 5.41) is 27.1. The van der Waals surface area contributed by atoms with E-state index in [1.54, 1.807) is 77.1 Å². The van der Waals surface area contributed by atoms with E-state index in [9.17, 15) is 52.7 Å². The zero-order valence-corrected chi connectivity index (χ0v) is 50.4. The Morgan fingerprint density at radius 2 is 0.711 bits per heavy atom. The lowest BCUT2D eigenvalue weighted by atomic mass is 10.2. The molecular weight excluding hydrogens is 1170 g/mol. The number of aromatic nitrogens is 9. The number of hydrogen-bond donors (Lipinski definition) is 12. The molecule has 90 heavy (non-hydrogen) atoms. The summed E-state index contributed by atoms with van der Waals surface area (Å²) in [6.45, 7) is 2.43. The maximum Gasteiger partial charge on any atom is 0.291 e. The largest absolute Gasteiger partial charge is 0.364 e. The molecule has 1 atom stereocenters. The van der Waals surface area contributed by atoms with Gasteiger partial charge < -0.3 is 101 Å². The van der Waals surface area contributed by atoms with Crippen molar-refractivity contribution < 1.29 is 52.7 Å². The quantitative estimate of drug-likeness (QED) is 0.0370. The second-order valence-corrected chi connectivity index (χ2v) is 21.0. The average Bonchev–Trinajstić information content (AvgIpc) is 4.49. The van der Waals surface area contributed by atoms with Crippen molar-refractivity contribution in [2.75, 3.05) is 56.9 Å². The van der Waals surface area contributed by atoms with Gasteiger partial charge in [0.2, 0.25) is 17.7 Å². The van der Waals surface area contributed by atoms with Crippen LogP contribution >= 0.6 is 0 Å². The van der Waals surface area contributed by atoms with Gasteiger partial charge in [0.25, 0.3) is 47.3 Å². The molecular formula is C58H69N21O11. The number of primary amides is 1. The number of hydrogen-bond acceptors (Lipinski definition) is 13. The predicted molar refractivity (Wildman–Crippen MR) is 331 cm³/mol. The molecule has 0 saturated heterocycles. The van der Waals surface area contributed by atoms with Gasteiger partial charge in [-0.05, 0) is 55.8 Å². The highest BCUT2D eigenvalue weighted by atomic mass is 16.2. The van der Waals surface area contributed by atoms with Crippen molar-refractivity contribution in [3.8, 4) is 0 Å². The molecule has 0 unspecified atom stereocenters. The summed E-state index contributed by atoms with van der Waals surface area (Å²) in [6, 6.07) is 9.18. The molecule has 8 aromatic rings. The molecule has 8 heterocycles. The van der Waals surface area contributed by atoms with Crippen LogP contribution in [0.5, 0.6) is 0 Å². The average molecular weight is 1240 g/mol. The van der Waals surface area contributed by atoms with E-state index in [0.717, 1.165) is 0 Å². The summed E-state index contributed by atoms with van der Waals surface area (Å²) in [7, 11) is 11.3. The summed E-state index contributed by atoms with van der Waals surface area (Å²) in [5.41, 5.74) is 15.1. The number of nitrogens with one attached hydrogen (secondary N) is 10. The first-order chi connectivity index (χ1) is 42.7. The fraction of sp³-hybridized carbons (Fsp3) is 0.276. The van der Waals surface area contributed by atoms with E-state index in [0.29, 0.717) is 35.0 Å². The first-order valence-corrected chi connectivity index (χ1v) is 28.0. The lowest BCUT2D eigenvalue weighted by Gasteiger charge is -2.12. The molecule has 11 amide bonds. The molecule has 0 fully saturated rings. The van der Waals surface area contributed by atoms with Gasteiger partial charge >= 0.3 is 0 Å². The smallest absolute Gasteiger partial charge is 0.291 e. The molecule has 14 N–H and O–H groups in total. The normalized spacial score (nSPS) is 11.3. The number of amides is 11. The first kappa shape index (κ1) is 64.3. The van der Waals surface area contributed by atoms with Crippen LogP contribution in [0.4, 0.5) is 39.8 Å². The summed E-state index contributed by atoms with van der Waals surface area (Å²) in [6.07, 6.45) is 13.9. The van der Waals surface area contributed by atoms with Crippen molar-refractivity contribution in [2.24, 2.45) is 60.8 Å². The van der Waals surface area contributed by atoms with Gasteiger partial charge in [0.15, 0.2) is 5.82 Å². The fourth-order valence-electron chi connectivity index (χ4n) is 9.58. The van der Waals surface area contributed by atoms with E-state index in [1.807, 2.05) is 6.92 Å². The van der Waals surface area contributed by atoms with Gasteiger partial charge in [-0.15, -0.1) is 0 Å². The van der Waals surface area contributed by atoms with E-state index < -0.39 is 71.0 Å². The Morgan fingerprint density at radius 1 is 0.411 bits per heavy atom. The maximum atomic E-state index is 13.5. The van der Waals surface area contributed by atoms with Crippen LogP contribution in [-0.4, -0.2) is 132 Å². The van der Waals surface area contributed by atoms with Crippen LogP contribution in [-0.2, 0) is 70.3 Å². The van der Waals surface area contributed by atoms with Gasteiger partial charge in [0.1, 0.15) is 39.9 Å². The second-order valence-electron chi connectivity index (χ2n) is 21.0. The molecule has 32 nitrogen and oxygen atoms in total. The third-order valence-electron chi connectivity index (χ3n) is 14.2. The second kappa shape index (κ2) is 27.8. The van der Waals surface area contributed by atoms with Crippen LogP contribution in [0.2, 0.25) is 0 Å². The Balaban J connectivity index is 0.735. The summed E-state index contributed by atoms with van der Waals surface area (Å²) in [4.78, 5) is 146. The topological polar surface area (TPSA) is 412 Å². The van der Waals surface area contributed by atoms with Gasteiger partial charge in [-0.3, -0.25) is 52.7 Å². The van der Waals surface area contributed by atoms with Crippen molar-refractivity contribution in [1.82, 2.24) is 57.5 Å². The highest BCUT2D eigenvalue weighted by Gasteiger charge is 2.24. The lowest BCUT2D eigenvalue weighted by molar-refractivity contribution is -0.118. The molecule has 0 aliphatic carbocycles. The van der Waals surface area contributed by atoms with Crippen LogP contribution in [0, 0.1) is 0 Å². The van der Waals surface area contributed by atoms with E-state index in [4.69, 9.17) is 11.5 Å². The first-order valence-electron chi connectivity index (χ1n) is 28.0. The van der Waals surface area contributed by atoms with Gasteiger partial charge in [-0.25, -0.2) is 4.98 Å². The van der Waals surface area contributed by atoms with Gasteiger partial charge in [0.05, 0.1) is 45.9 Å². The Hall–Kier alpha value is -11.7. The Bertz CT molecular complexity index is 4120. The molecule has 0 aliphatic rings. The van der Waals surface area contributed by atoms with Crippen molar-refractivity contribution in [1.29, 1.82) is 0 Å². The third kappa shape index (κ3) is 15.6. The van der Waals surface area contributed by atoms with Crippen LogP contribution in [0.25, 0.3) is 0 Å². The zero-order valence-electron chi connectivity index (χ0n) is 50.4. The SMILES string of the molecule is CCn1ccnc1C(=O)Nc1cc(C(=O)NCCC(=O)Nc2cc(C(=O)Nc3cc(C(=O)NCC[C@@H](N)C(=O)Nc4cc(C(=O)Nc5cc(C(=O)Nc6cc(C(=O)NCCC(=O)Nc7cc(C(N)=O)n(C)c7)n(C)c6)n(C)c5)n(C)c4)n(C)c3)n(C)c2)n(C)c1. The third-order valence-corrected chi connectivity index (χ3v) is 14.2. The Labute approximate surface area is 513 Å². The minimum Gasteiger partial charge on any atom is -0.364 e. The van der Waals surface area contributed by atoms with Crippen LogP contribution in [0.1, 0.15) is 110 Å². The number of aryl methyl sites for hydroxylation is 8. The van der Waals surface area contributed by atoms with E-state index in [2.05, 4.69) is 58.2 Å². The van der Waals surface area contributed by atoms with Crippen molar-refractivity contribution in [2.45, 2.75) is 38.8 Å². The standard InChI is InChI=1S/C58H69N21O11/c1-9-79-17-16-61-50(79)58(90)71-38-22-43(75(5)31-38)54(86)64-15-12-48(81)66-33-19-44(76(6)26-33)55(87)68-35-20-41(73(3)28-35)52(84)62-13-10-39(59)51(83)67-34-23-45(77(7)27-34)56(88)70-37-24-46(78(8)30-37)57(89)69-36-21-42(74(4)29-36)53(85)63-14-11-47(80)65-32-18-40(49(60)82)72(2)25-32/h16-31,39H,9-15,59H2,1-8H3,(H2,60,82)(H,62,84)(H,63,85)(H,64,86)(H,65,80)(H,66,81)(H,67,83)(H,68,87)(H,69,89)(H,70,88)(H,71,90)/t39-/m1/s1. The monoisotopic (exact) mass is 1240 g/mol. The van der Waals surface area contributed by atoms with Crippen LogP contribution in [0.15, 0.2) is 98.2 Å². The van der Waals surface area contributed by atoms with Crippen molar-refractivity contribution in [3.63, 3.8) is 0 Å². The van der Waals surface area contributed by atoms with E-state index >= 15 is 0 Å². The highest BCUT2D eigenvalue weighted by molar-refractivity contribution is 6.09. The zero-order chi connectivity index (χ0) is 65.2. The summed E-state index contributed by atoms with van der Waals surface area (Å²) in [5.74, 6) is -5.37. The molecule has 8 aromatic heterocycles. The fourth-order valence-corrected chi connectivity index (χ4v) is 9.58. The molecule has 0 radical (unpaired) electrons. The number of nitrogens with zero attached hydrogens (tertiary/aromatic N) is 9. The molecule has 0 aromatic carbocycles. The van der Waals surface area contributed by atoms with Crippen molar-refractivity contribution >= 4 is 105 Å². The minimum atomic E-state index is -1.08. The molecule has 0 saturated carbocycles. The van der Waals surface area contributed by atoms with Crippen molar-refractivity contribution in [3.05, 3.63) is 144 Å². The number of carbonyl (C=O) groups is 11. The van der Waals surface area contributed by atoms with Crippen LogP contribution < -0.4 is 64.6 Å². The van der Waals surface area contributed by atoms with Crippen LogP contribution in [0.3, 0.4) is 0 Å². The molecule has 0 bridgehead atoms. The van der Waals surface area contributed by atoms with Gasteiger partial charge in [0, 0.05) is 144 Å². The highest BCUT2D eigenvalue weighted by Crippen LogP contribution is 2.22. The number of anilines is 7.